The fourth-order valence-electron chi connectivity index (χ4n) is 2.58. The van der Waals surface area contributed by atoms with E-state index in [1.807, 2.05) is 30.3 Å². The molecule has 5 heteroatoms. The lowest BCUT2D eigenvalue weighted by atomic mass is 9.97. The van der Waals surface area contributed by atoms with Crippen molar-refractivity contribution in [2.45, 2.75) is 24.4 Å². The minimum absolute atomic E-state index is 0.0316. The molecule has 0 amide bonds. The van der Waals surface area contributed by atoms with Crippen molar-refractivity contribution in [1.82, 2.24) is 0 Å². The normalized spacial score (nSPS) is 24.4. The van der Waals surface area contributed by atoms with Crippen LogP contribution in [0.25, 0.3) is 0 Å². The van der Waals surface area contributed by atoms with E-state index in [9.17, 15) is 9.36 Å². The monoisotopic (exact) mass is 268 g/mol. The molecule has 1 saturated carbocycles. The quantitative estimate of drug-likeness (QED) is 0.788. The zero-order valence-corrected chi connectivity index (χ0v) is 11.4. The highest BCUT2D eigenvalue weighted by Crippen LogP contribution is 2.60. The van der Waals surface area contributed by atoms with Crippen molar-refractivity contribution in [1.29, 1.82) is 0 Å². The van der Waals surface area contributed by atoms with Gasteiger partial charge in [-0.05, 0) is 12.0 Å². The fourth-order valence-corrected chi connectivity index (χ4v) is 4.42. The van der Waals surface area contributed by atoms with Crippen LogP contribution in [0, 0.1) is 0 Å². The molecule has 0 aliphatic heterocycles. The van der Waals surface area contributed by atoms with E-state index in [2.05, 4.69) is 0 Å². The molecule has 0 bridgehead atoms. The summed E-state index contributed by atoms with van der Waals surface area (Å²) in [5.74, 6) is -0.111. The molecule has 1 aromatic carbocycles. The predicted molar refractivity (Wildman–Crippen MR) is 68.8 cm³/mol. The van der Waals surface area contributed by atoms with Crippen LogP contribution >= 0.6 is 7.60 Å². The summed E-state index contributed by atoms with van der Waals surface area (Å²) in [6.07, 6.45) is 1.13. The Morgan fingerprint density at radius 2 is 1.78 bits per heavy atom. The van der Waals surface area contributed by atoms with Crippen LogP contribution in [0.4, 0.5) is 0 Å². The van der Waals surface area contributed by atoms with Gasteiger partial charge in [0, 0.05) is 26.6 Å². The Morgan fingerprint density at radius 3 is 2.33 bits per heavy atom. The van der Waals surface area contributed by atoms with E-state index >= 15 is 0 Å². The third-order valence-corrected chi connectivity index (χ3v) is 5.84. The van der Waals surface area contributed by atoms with Crippen molar-refractivity contribution < 1.29 is 18.4 Å². The number of hydrogen-bond acceptors (Lipinski definition) is 4. The van der Waals surface area contributed by atoms with Crippen LogP contribution in [0.5, 0.6) is 0 Å². The first kappa shape index (κ1) is 13.5. The Kier molecular flexibility index (Phi) is 4.00. The SMILES string of the molecule is COP(=O)(OC)[C@@H]1C(=O)CC[C@H]1c1ccccc1. The van der Waals surface area contributed by atoms with E-state index in [1.54, 1.807) is 0 Å². The van der Waals surface area contributed by atoms with Gasteiger partial charge in [0.05, 0.1) is 0 Å². The van der Waals surface area contributed by atoms with Crippen LogP contribution < -0.4 is 0 Å². The van der Waals surface area contributed by atoms with Crippen molar-refractivity contribution in [3.05, 3.63) is 35.9 Å². The van der Waals surface area contributed by atoms with Gasteiger partial charge in [0.1, 0.15) is 11.4 Å². The van der Waals surface area contributed by atoms with E-state index in [-0.39, 0.29) is 11.7 Å². The van der Waals surface area contributed by atoms with Gasteiger partial charge in [-0.25, -0.2) is 0 Å². The molecular formula is C13H17O4P. The summed E-state index contributed by atoms with van der Waals surface area (Å²) in [7, 11) is -0.693. The molecule has 2 rings (SSSR count). The number of Topliss-reactive ketones (excluding diaryl/α,β-unsaturated/α-hetero) is 1. The Labute approximate surface area is 107 Å². The summed E-state index contributed by atoms with van der Waals surface area (Å²) in [4.78, 5) is 12.0. The molecule has 0 heterocycles. The summed E-state index contributed by atoms with van der Waals surface area (Å²) in [5.41, 5.74) is 0.345. The van der Waals surface area contributed by atoms with Crippen LogP contribution in [-0.2, 0) is 18.4 Å². The number of ketones is 1. The maximum atomic E-state index is 12.5. The molecule has 0 radical (unpaired) electrons. The summed E-state index contributed by atoms with van der Waals surface area (Å²) in [6.45, 7) is 0. The number of rotatable bonds is 4. The van der Waals surface area contributed by atoms with Crippen molar-refractivity contribution >= 4 is 13.4 Å². The van der Waals surface area contributed by atoms with Gasteiger partial charge in [-0.1, -0.05) is 30.3 Å². The molecule has 1 aliphatic rings. The molecule has 1 fully saturated rings. The summed E-state index contributed by atoms with van der Waals surface area (Å²) >= 11 is 0. The van der Waals surface area contributed by atoms with E-state index < -0.39 is 13.3 Å². The summed E-state index contributed by atoms with van der Waals surface area (Å²) in [6, 6.07) is 9.65. The van der Waals surface area contributed by atoms with Crippen LogP contribution in [-0.4, -0.2) is 25.7 Å². The highest BCUT2D eigenvalue weighted by atomic mass is 31.2. The maximum Gasteiger partial charge on any atom is 0.341 e. The first-order valence-corrected chi connectivity index (χ1v) is 7.52. The second-order valence-corrected chi connectivity index (χ2v) is 6.74. The summed E-state index contributed by atoms with van der Waals surface area (Å²) < 4.78 is 22.5. The predicted octanol–water partition coefficient (Wildman–Crippen LogP) is 2.99. The van der Waals surface area contributed by atoms with Gasteiger partial charge in [0.25, 0.3) is 0 Å². The van der Waals surface area contributed by atoms with Crippen molar-refractivity contribution in [3.8, 4) is 0 Å². The Bertz CT molecular complexity index is 463. The van der Waals surface area contributed by atoms with E-state index in [0.717, 1.165) is 5.56 Å². The van der Waals surface area contributed by atoms with Gasteiger partial charge in [-0.15, -0.1) is 0 Å². The molecule has 0 saturated heterocycles. The Balaban J connectivity index is 2.37. The molecule has 4 nitrogen and oxygen atoms in total. The van der Waals surface area contributed by atoms with Crippen LogP contribution in [0.15, 0.2) is 30.3 Å². The van der Waals surface area contributed by atoms with Crippen LogP contribution in [0.2, 0.25) is 0 Å². The van der Waals surface area contributed by atoms with Crippen molar-refractivity contribution in [2.24, 2.45) is 0 Å². The Morgan fingerprint density at radius 1 is 1.17 bits per heavy atom. The largest absolute Gasteiger partial charge is 0.341 e. The molecule has 98 valence electrons. The lowest BCUT2D eigenvalue weighted by molar-refractivity contribution is -0.117. The molecule has 0 unspecified atom stereocenters. The topological polar surface area (TPSA) is 52.6 Å². The highest BCUT2D eigenvalue weighted by Gasteiger charge is 2.49. The van der Waals surface area contributed by atoms with Gasteiger partial charge in [0.2, 0.25) is 0 Å². The number of hydrogen-bond donors (Lipinski definition) is 0. The van der Waals surface area contributed by atoms with Gasteiger partial charge < -0.3 is 9.05 Å². The second-order valence-electron chi connectivity index (χ2n) is 4.37. The lowest BCUT2D eigenvalue weighted by Crippen LogP contribution is -2.22. The molecule has 0 aromatic heterocycles. The fraction of sp³-hybridized carbons (Fsp3) is 0.462. The van der Waals surface area contributed by atoms with Gasteiger partial charge in [-0.3, -0.25) is 9.36 Å². The molecular weight excluding hydrogens is 251 g/mol. The van der Waals surface area contributed by atoms with E-state index in [4.69, 9.17) is 9.05 Å². The van der Waals surface area contributed by atoms with Gasteiger partial charge in [-0.2, -0.15) is 0 Å². The second kappa shape index (κ2) is 5.35. The average molecular weight is 268 g/mol. The zero-order chi connectivity index (χ0) is 13.2. The summed E-state index contributed by atoms with van der Waals surface area (Å²) in [5, 5.41) is 0. The molecule has 0 spiro atoms. The molecule has 18 heavy (non-hydrogen) atoms. The zero-order valence-electron chi connectivity index (χ0n) is 10.5. The Hall–Kier alpha value is -0.960. The number of carbonyl (C=O) groups is 1. The minimum Gasteiger partial charge on any atom is -0.311 e. The first-order valence-electron chi connectivity index (χ1n) is 5.91. The first-order chi connectivity index (χ1) is 8.62. The highest BCUT2D eigenvalue weighted by molar-refractivity contribution is 7.55. The third kappa shape index (κ3) is 2.28. The lowest BCUT2D eigenvalue weighted by Gasteiger charge is -2.24. The van der Waals surface area contributed by atoms with E-state index in [1.165, 1.54) is 14.2 Å². The average Bonchev–Trinajstić information content (AvgIpc) is 2.81. The number of benzene rings is 1. The van der Waals surface area contributed by atoms with Crippen LogP contribution in [0.3, 0.4) is 0 Å². The molecule has 1 aromatic rings. The van der Waals surface area contributed by atoms with E-state index in [0.29, 0.717) is 12.8 Å². The maximum absolute atomic E-state index is 12.5. The molecule has 1 aliphatic carbocycles. The van der Waals surface area contributed by atoms with Crippen molar-refractivity contribution in [3.63, 3.8) is 0 Å². The van der Waals surface area contributed by atoms with Crippen molar-refractivity contribution in [2.75, 3.05) is 14.2 Å². The minimum atomic E-state index is -3.36. The smallest absolute Gasteiger partial charge is 0.311 e. The standard InChI is InChI=1S/C13H17O4P/c1-16-18(15,17-2)13-11(8-9-12(13)14)10-6-4-3-5-7-10/h3-7,11,13H,8-9H2,1-2H3/t11-,13-/m0/s1. The molecule has 0 N–H and O–H groups in total. The number of carbonyl (C=O) groups excluding carboxylic acids is 1. The molecule has 2 atom stereocenters. The van der Waals surface area contributed by atoms with Crippen LogP contribution in [0.1, 0.15) is 24.3 Å². The van der Waals surface area contributed by atoms with Gasteiger partial charge >= 0.3 is 7.60 Å². The third-order valence-electron chi connectivity index (χ3n) is 3.49. The van der Waals surface area contributed by atoms with Gasteiger partial charge in [0.15, 0.2) is 0 Å².